The molecule has 0 saturated carbocycles. The van der Waals surface area contributed by atoms with Crippen LogP contribution in [0.2, 0.25) is 0 Å². The number of unbranched alkanes of at least 4 members (excludes halogenated alkanes) is 11. The fraction of sp³-hybridized carbons (Fsp3) is 0.844. The molecule has 0 spiro atoms. The highest BCUT2D eigenvalue weighted by Crippen LogP contribution is 2.11. The van der Waals surface area contributed by atoms with E-state index in [0.717, 1.165) is 19.3 Å². The lowest BCUT2D eigenvalue weighted by atomic mass is 10.1. The molecule has 0 unspecified atom stereocenters. The highest BCUT2D eigenvalue weighted by Gasteiger charge is 2.13. The molecule has 1 aliphatic heterocycles. The lowest BCUT2D eigenvalue weighted by Gasteiger charge is -2.23. The van der Waals surface area contributed by atoms with E-state index in [1.54, 1.807) is 0 Å². The van der Waals surface area contributed by atoms with E-state index in [2.05, 4.69) is 30.6 Å². The van der Waals surface area contributed by atoms with Gasteiger partial charge in [-0.05, 0) is 24.7 Å². The van der Waals surface area contributed by atoms with Gasteiger partial charge in [0.15, 0.2) is 0 Å². The summed E-state index contributed by atoms with van der Waals surface area (Å²) in [7, 11) is 0. The monoisotopic (exact) mass is 549 g/mol. The third-order valence-corrected chi connectivity index (χ3v) is 6.44. The van der Waals surface area contributed by atoms with Gasteiger partial charge in [-0.2, -0.15) is 0 Å². The Morgan fingerprint density at radius 1 is 0.538 bits per heavy atom. The molecule has 0 atom stereocenters. The summed E-state index contributed by atoms with van der Waals surface area (Å²) in [5, 5.41) is 0. The summed E-state index contributed by atoms with van der Waals surface area (Å²) in [4.78, 5) is 14.6. The molecular weight excluding hydrogens is 494 g/mol. The quantitative estimate of drug-likeness (QED) is 0.226. The van der Waals surface area contributed by atoms with Crippen molar-refractivity contribution in [1.82, 2.24) is 4.90 Å². The number of carbonyl (C=O) groups excluding carboxylic acids is 1. The summed E-state index contributed by atoms with van der Waals surface area (Å²) >= 11 is 0. The maximum Gasteiger partial charge on any atom is 0.222 e. The molecule has 0 N–H and O–H groups in total. The molecule has 0 radical (unpaired) electrons. The number of hydrogen-bond acceptors (Lipinski definition) is 6. The van der Waals surface area contributed by atoms with Crippen LogP contribution >= 0.6 is 0 Å². The van der Waals surface area contributed by atoms with Gasteiger partial charge in [0.25, 0.3) is 0 Å². The molecule has 0 aromatic heterocycles. The van der Waals surface area contributed by atoms with Crippen LogP contribution in [0.3, 0.4) is 0 Å². The Bertz CT molecular complexity index is 660. The minimum absolute atomic E-state index is 0.107. The zero-order valence-electron chi connectivity index (χ0n) is 24.8. The van der Waals surface area contributed by atoms with E-state index in [0.29, 0.717) is 92.0 Å². The minimum atomic E-state index is 0.107. The lowest BCUT2D eigenvalue weighted by Crippen LogP contribution is -2.37. The number of nitrogens with zero attached hydrogens (tertiary/aromatic N) is 1. The van der Waals surface area contributed by atoms with Gasteiger partial charge in [0.2, 0.25) is 5.91 Å². The Morgan fingerprint density at radius 3 is 1.38 bits per heavy atom. The fourth-order valence-corrected chi connectivity index (χ4v) is 4.09. The summed E-state index contributed by atoms with van der Waals surface area (Å²) in [6, 6.07) is 0. The van der Waals surface area contributed by atoms with Gasteiger partial charge < -0.3 is 28.6 Å². The second-order valence-electron chi connectivity index (χ2n) is 9.83. The second-order valence-corrected chi connectivity index (χ2v) is 9.83. The Morgan fingerprint density at radius 2 is 0.923 bits per heavy atom. The third kappa shape index (κ3) is 25.1. The van der Waals surface area contributed by atoms with E-state index in [-0.39, 0.29) is 5.91 Å². The second kappa shape index (κ2) is 29.4. The summed E-state index contributed by atoms with van der Waals surface area (Å²) in [6.07, 6.45) is 16.2. The summed E-state index contributed by atoms with van der Waals surface area (Å²) in [5.74, 6) is 12.3. The Balaban J connectivity index is 2.15. The zero-order valence-corrected chi connectivity index (χ0v) is 24.8. The van der Waals surface area contributed by atoms with E-state index < -0.39 is 0 Å². The van der Waals surface area contributed by atoms with E-state index in [1.165, 1.54) is 57.8 Å². The van der Waals surface area contributed by atoms with Crippen LogP contribution in [0.1, 0.15) is 96.8 Å². The number of rotatable bonds is 13. The molecule has 7 heteroatoms. The van der Waals surface area contributed by atoms with E-state index in [1.807, 2.05) is 4.90 Å². The number of ether oxygens (including phenoxy) is 5. The van der Waals surface area contributed by atoms with Crippen molar-refractivity contribution in [3.63, 3.8) is 0 Å². The van der Waals surface area contributed by atoms with Crippen molar-refractivity contribution < 1.29 is 28.5 Å². The number of carbonyl (C=O) groups is 1. The lowest BCUT2D eigenvalue weighted by molar-refractivity contribution is -0.133. The summed E-state index contributed by atoms with van der Waals surface area (Å²) < 4.78 is 27.7. The average molecular weight is 550 g/mol. The molecule has 0 aliphatic carbocycles. The Hall–Kier alpha value is -1.61. The van der Waals surface area contributed by atoms with Crippen molar-refractivity contribution in [1.29, 1.82) is 0 Å². The van der Waals surface area contributed by atoms with Gasteiger partial charge in [0.05, 0.1) is 66.1 Å². The molecule has 1 amide bonds. The predicted octanol–water partition coefficient (Wildman–Crippen LogP) is 5.40. The first-order chi connectivity index (χ1) is 19.3. The van der Waals surface area contributed by atoms with Gasteiger partial charge in [-0.15, -0.1) is 0 Å². The molecule has 39 heavy (non-hydrogen) atoms. The van der Waals surface area contributed by atoms with Crippen LogP contribution in [0.5, 0.6) is 0 Å². The van der Waals surface area contributed by atoms with Crippen LogP contribution in [0, 0.1) is 23.7 Å². The number of hydrogen-bond donors (Lipinski definition) is 0. The molecule has 0 bridgehead atoms. The van der Waals surface area contributed by atoms with Crippen LogP contribution in [0.4, 0.5) is 0 Å². The molecule has 1 aliphatic rings. The molecule has 7 nitrogen and oxygen atoms in total. The smallest absolute Gasteiger partial charge is 0.222 e. The molecule has 1 heterocycles. The van der Waals surface area contributed by atoms with Gasteiger partial charge in [0, 0.05) is 32.4 Å². The first kappa shape index (κ1) is 35.4. The first-order valence-electron chi connectivity index (χ1n) is 15.5. The molecule has 0 aromatic carbocycles. The van der Waals surface area contributed by atoms with E-state index >= 15 is 0 Å². The highest BCUT2D eigenvalue weighted by atomic mass is 16.6. The van der Waals surface area contributed by atoms with Crippen molar-refractivity contribution in [3.8, 4) is 23.7 Å². The average Bonchev–Trinajstić information content (AvgIpc) is 2.94. The maximum atomic E-state index is 12.8. The van der Waals surface area contributed by atoms with Crippen molar-refractivity contribution in [3.05, 3.63) is 0 Å². The minimum Gasteiger partial charge on any atom is -0.377 e. The van der Waals surface area contributed by atoms with Crippen LogP contribution in [0.25, 0.3) is 0 Å². The van der Waals surface area contributed by atoms with Gasteiger partial charge in [-0.1, -0.05) is 76.6 Å². The SMILES string of the molecule is CCCCCCCCCCCCC#CC#CCCCC(=O)N1CCOCCOCCOCCOCCOCC1. The van der Waals surface area contributed by atoms with Crippen LogP contribution in [-0.2, 0) is 28.5 Å². The molecule has 1 saturated heterocycles. The first-order valence-corrected chi connectivity index (χ1v) is 15.5. The topological polar surface area (TPSA) is 66.5 Å². The van der Waals surface area contributed by atoms with Crippen molar-refractivity contribution in [2.75, 3.05) is 79.2 Å². The molecule has 0 aromatic rings. The van der Waals surface area contributed by atoms with Crippen molar-refractivity contribution in [2.45, 2.75) is 96.8 Å². The summed E-state index contributed by atoms with van der Waals surface area (Å²) in [5.41, 5.74) is 0. The predicted molar refractivity (Wildman–Crippen MR) is 157 cm³/mol. The van der Waals surface area contributed by atoms with E-state index in [9.17, 15) is 4.79 Å². The highest BCUT2D eigenvalue weighted by molar-refractivity contribution is 5.76. The van der Waals surface area contributed by atoms with Crippen molar-refractivity contribution >= 4 is 5.91 Å². The number of amides is 1. The van der Waals surface area contributed by atoms with Gasteiger partial charge in [-0.25, -0.2) is 0 Å². The van der Waals surface area contributed by atoms with E-state index in [4.69, 9.17) is 23.7 Å². The van der Waals surface area contributed by atoms with Crippen molar-refractivity contribution in [2.24, 2.45) is 0 Å². The molecule has 1 rings (SSSR count). The Kier molecular flexibility index (Phi) is 26.7. The molecule has 1 fully saturated rings. The van der Waals surface area contributed by atoms with Crippen LogP contribution in [0.15, 0.2) is 0 Å². The molecular formula is C32H55NO6. The standard InChI is InChI=1S/C32H55NO6/c1-2-3-4-5-6-7-8-9-10-11-12-13-14-15-16-17-18-19-32(34)33-20-22-35-24-26-37-28-30-39-31-29-38-27-25-36-23-21-33/h2-12,17-31H2,1H3. The molecule has 224 valence electrons. The normalized spacial score (nSPS) is 16.7. The zero-order chi connectivity index (χ0) is 27.9. The third-order valence-electron chi connectivity index (χ3n) is 6.44. The Labute approximate surface area is 239 Å². The largest absolute Gasteiger partial charge is 0.377 e. The van der Waals surface area contributed by atoms with Gasteiger partial charge >= 0.3 is 0 Å². The van der Waals surface area contributed by atoms with Crippen LogP contribution in [-0.4, -0.2) is 90.0 Å². The van der Waals surface area contributed by atoms with Gasteiger partial charge in [-0.3, -0.25) is 4.79 Å². The van der Waals surface area contributed by atoms with Gasteiger partial charge in [0.1, 0.15) is 0 Å². The fourth-order valence-electron chi connectivity index (χ4n) is 4.09. The van der Waals surface area contributed by atoms with Crippen LogP contribution < -0.4 is 0 Å². The maximum absolute atomic E-state index is 12.8. The summed E-state index contributed by atoms with van der Waals surface area (Å²) in [6.45, 7) is 8.46.